The highest BCUT2D eigenvalue weighted by Crippen LogP contribution is 2.37. The maximum atomic E-state index is 12.8. The van der Waals surface area contributed by atoms with Crippen LogP contribution >= 0.6 is 11.3 Å². The molecule has 1 amide bonds. The van der Waals surface area contributed by atoms with Crippen LogP contribution in [0.5, 0.6) is 0 Å². The summed E-state index contributed by atoms with van der Waals surface area (Å²) in [5.41, 5.74) is 0.182. The monoisotopic (exact) mass is 310 g/mol. The number of carbonyl (C=O) groups is 2. The molecule has 116 valence electrons. The van der Waals surface area contributed by atoms with Crippen molar-refractivity contribution >= 4 is 23.2 Å². The molecule has 1 fully saturated rings. The van der Waals surface area contributed by atoms with Gasteiger partial charge in [0.25, 0.3) is 5.91 Å². The Morgan fingerprint density at radius 2 is 1.90 bits per heavy atom. The van der Waals surface area contributed by atoms with Gasteiger partial charge in [0.05, 0.1) is 22.7 Å². The minimum Gasteiger partial charge on any atom is -0.481 e. The highest BCUT2D eigenvalue weighted by molar-refractivity contribution is 7.13. The molecule has 1 aromatic heterocycles. The van der Waals surface area contributed by atoms with Crippen molar-refractivity contribution in [3.8, 4) is 0 Å². The van der Waals surface area contributed by atoms with Crippen molar-refractivity contribution in [2.24, 2.45) is 0 Å². The number of aromatic nitrogens is 1. The fourth-order valence-electron chi connectivity index (χ4n) is 3.22. The first-order valence-corrected chi connectivity index (χ1v) is 8.11. The highest BCUT2D eigenvalue weighted by atomic mass is 32.1. The molecule has 2 rings (SSSR count). The third-order valence-corrected chi connectivity index (χ3v) is 5.44. The van der Waals surface area contributed by atoms with Gasteiger partial charge in [-0.2, -0.15) is 0 Å². The van der Waals surface area contributed by atoms with Gasteiger partial charge < -0.3 is 10.0 Å². The summed E-state index contributed by atoms with van der Waals surface area (Å²) in [4.78, 5) is 30.6. The van der Waals surface area contributed by atoms with E-state index in [-0.39, 0.29) is 12.3 Å². The van der Waals surface area contributed by atoms with Crippen LogP contribution in [0.4, 0.5) is 0 Å². The highest BCUT2D eigenvalue weighted by Gasteiger charge is 2.41. The van der Waals surface area contributed by atoms with Gasteiger partial charge >= 0.3 is 5.97 Å². The topological polar surface area (TPSA) is 70.5 Å². The normalized spacial score (nSPS) is 17.5. The van der Waals surface area contributed by atoms with Crippen LogP contribution in [0, 0.1) is 13.8 Å². The average molecular weight is 310 g/mol. The second kappa shape index (κ2) is 6.13. The number of hydrogen-bond acceptors (Lipinski definition) is 4. The van der Waals surface area contributed by atoms with Crippen LogP contribution in [0.3, 0.4) is 0 Å². The largest absolute Gasteiger partial charge is 0.481 e. The number of nitrogens with zero attached hydrogens (tertiary/aromatic N) is 2. The molecule has 0 radical (unpaired) electrons. The minimum absolute atomic E-state index is 0.0199. The van der Waals surface area contributed by atoms with Gasteiger partial charge in [-0.25, -0.2) is 4.98 Å². The van der Waals surface area contributed by atoms with E-state index < -0.39 is 11.5 Å². The maximum Gasteiger partial charge on any atom is 0.305 e. The third kappa shape index (κ3) is 3.26. The second-order valence-electron chi connectivity index (χ2n) is 5.87. The SMILES string of the molecule is Cc1nc(C)c(C(=O)N(C)C2(CC(=O)O)CCCCC2)s1. The van der Waals surface area contributed by atoms with Crippen molar-refractivity contribution in [2.75, 3.05) is 7.05 Å². The fourth-order valence-corrected chi connectivity index (χ4v) is 4.12. The van der Waals surface area contributed by atoms with Gasteiger partial charge in [0.15, 0.2) is 0 Å². The van der Waals surface area contributed by atoms with Crippen molar-refractivity contribution in [1.29, 1.82) is 0 Å². The van der Waals surface area contributed by atoms with E-state index in [0.717, 1.165) is 42.8 Å². The Bertz CT molecular complexity index is 547. The average Bonchev–Trinajstić information content (AvgIpc) is 2.76. The van der Waals surface area contributed by atoms with Crippen molar-refractivity contribution in [3.05, 3.63) is 15.6 Å². The van der Waals surface area contributed by atoms with Gasteiger partial charge in [-0.3, -0.25) is 9.59 Å². The summed E-state index contributed by atoms with van der Waals surface area (Å²) in [7, 11) is 1.74. The predicted octanol–water partition coefficient (Wildman–Crippen LogP) is 3.01. The van der Waals surface area contributed by atoms with Gasteiger partial charge in [0, 0.05) is 7.05 Å². The molecule has 5 nitrogen and oxygen atoms in total. The van der Waals surface area contributed by atoms with Crippen LogP contribution in [0.25, 0.3) is 0 Å². The lowest BCUT2D eigenvalue weighted by atomic mass is 9.78. The number of hydrogen-bond donors (Lipinski definition) is 1. The predicted molar refractivity (Wildman–Crippen MR) is 81.8 cm³/mol. The van der Waals surface area contributed by atoms with E-state index >= 15 is 0 Å². The molecule has 0 aliphatic heterocycles. The zero-order chi connectivity index (χ0) is 15.6. The molecule has 6 heteroatoms. The molecule has 1 N–H and O–H groups in total. The fraction of sp³-hybridized carbons (Fsp3) is 0.667. The first-order chi connectivity index (χ1) is 9.85. The summed E-state index contributed by atoms with van der Waals surface area (Å²) in [5.74, 6) is -0.935. The quantitative estimate of drug-likeness (QED) is 0.928. The number of carbonyl (C=O) groups excluding carboxylic acids is 1. The summed E-state index contributed by atoms with van der Waals surface area (Å²) in [5, 5.41) is 10.1. The first kappa shape index (κ1) is 15.9. The second-order valence-corrected chi connectivity index (χ2v) is 7.07. The Morgan fingerprint density at radius 1 is 1.29 bits per heavy atom. The van der Waals surface area contributed by atoms with E-state index in [4.69, 9.17) is 0 Å². The van der Waals surface area contributed by atoms with E-state index in [2.05, 4.69) is 4.98 Å². The Balaban J connectivity index is 2.29. The molecule has 0 atom stereocenters. The van der Waals surface area contributed by atoms with E-state index in [1.54, 1.807) is 11.9 Å². The molecule has 0 spiro atoms. The van der Waals surface area contributed by atoms with E-state index in [9.17, 15) is 14.7 Å². The molecule has 0 saturated heterocycles. The molecule has 0 unspecified atom stereocenters. The summed E-state index contributed by atoms with van der Waals surface area (Å²) in [6.45, 7) is 3.71. The van der Waals surface area contributed by atoms with Crippen LogP contribution in [0.2, 0.25) is 0 Å². The number of rotatable bonds is 4. The molecule has 1 saturated carbocycles. The molecular weight excluding hydrogens is 288 g/mol. The van der Waals surface area contributed by atoms with Crippen LogP contribution in [0.15, 0.2) is 0 Å². The van der Waals surface area contributed by atoms with Crippen LogP contribution < -0.4 is 0 Å². The van der Waals surface area contributed by atoms with Gasteiger partial charge in [-0.05, 0) is 26.7 Å². The van der Waals surface area contributed by atoms with Crippen LogP contribution in [-0.4, -0.2) is 39.5 Å². The van der Waals surface area contributed by atoms with E-state index in [1.807, 2.05) is 13.8 Å². The van der Waals surface area contributed by atoms with Crippen LogP contribution in [0.1, 0.15) is 58.9 Å². The number of carboxylic acids is 1. The third-order valence-electron chi connectivity index (χ3n) is 4.38. The molecule has 1 aromatic rings. The molecule has 0 aromatic carbocycles. The number of aryl methyl sites for hydroxylation is 2. The number of amides is 1. The van der Waals surface area contributed by atoms with Crippen molar-refractivity contribution < 1.29 is 14.7 Å². The van der Waals surface area contributed by atoms with E-state index in [1.165, 1.54) is 11.3 Å². The Kier molecular flexibility index (Phi) is 4.66. The standard InChI is InChI=1S/C15H22N2O3S/c1-10-13(21-11(2)16-10)14(20)17(3)15(9-12(18)19)7-5-4-6-8-15/h4-9H2,1-3H3,(H,18,19). The maximum absolute atomic E-state index is 12.8. The molecule has 1 heterocycles. The van der Waals surface area contributed by atoms with Crippen molar-refractivity contribution in [3.63, 3.8) is 0 Å². The first-order valence-electron chi connectivity index (χ1n) is 7.30. The lowest BCUT2D eigenvalue weighted by molar-refractivity contribution is -0.140. The zero-order valence-corrected chi connectivity index (χ0v) is 13.6. The minimum atomic E-state index is -0.839. The smallest absolute Gasteiger partial charge is 0.305 e. The molecule has 21 heavy (non-hydrogen) atoms. The van der Waals surface area contributed by atoms with Gasteiger partial charge in [-0.15, -0.1) is 11.3 Å². The number of aliphatic carboxylic acids is 1. The number of thiazole rings is 1. The van der Waals surface area contributed by atoms with Crippen molar-refractivity contribution in [1.82, 2.24) is 9.88 Å². The van der Waals surface area contributed by atoms with Crippen molar-refractivity contribution in [2.45, 2.75) is 57.9 Å². The zero-order valence-electron chi connectivity index (χ0n) is 12.8. The Hall–Kier alpha value is -1.43. The van der Waals surface area contributed by atoms with Gasteiger partial charge in [0.1, 0.15) is 4.88 Å². The molecule has 1 aliphatic rings. The Morgan fingerprint density at radius 3 is 2.38 bits per heavy atom. The Labute approximate surface area is 129 Å². The molecule has 1 aliphatic carbocycles. The summed E-state index contributed by atoms with van der Waals surface area (Å²) < 4.78 is 0. The van der Waals surface area contributed by atoms with Gasteiger partial charge in [0.2, 0.25) is 0 Å². The molecular formula is C15H22N2O3S. The summed E-state index contributed by atoms with van der Waals surface area (Å²) in [6.07, 6.45) is 4.61. The lowest BCUT2D eigenvalue weighted by Gasteiger charge is -2.43. The summed E-state index contributed by atoms with van der Waals surface area (Å²) >= 11 is 1.38. The lowest BCUT2D eigenvalue weighted by Crippen LogP contribution is -2.52. The molecule has 0 bridgehead atoms. The summed E-state index contributed by atoms with van der Waals surface area (Å²) in [6, 6.07) is 0. The van der Waals surface area contributed by atoms with Crippen LogP contribution in [-0.2, 0) is 4.79 Å². The number of carboxylic acid groups (broad SMARTS) is 1. The van der Waals surface area contributed by atoms with E-state index in [0.29, 0.717) is 4.88 Å². The van der Waals surface area contributed by atoms with Gasteiger partial charge in [-0.1, -0.05) is 19.3 Å².